The van der Waals surface area contributed by atoms with Crippen molar-refractivity contribution in [3.63, 3.8) is 0 Å². The van der Waals surface area contributed by atoms with Crippen molar-refractivity contribution in [2.24, 2.45) is 0 Å². The summed E-state index contributed by atoms with van der Waals surface area (Å²) in [5.41, 5.74) is 4.38. The second-order valence-electron chi connectivity index (χ2n) is 6.20. The maximum absolute atomic E-state index is 10.7. The van der Waals surface area contributed by atoms with Gasteiger partial charge >= 0.3 is 0 Å². The molecule has 0 fully saturated rings. The van der Waals surface area contributed by atoms with E-state index in [2.05, 4.69) is 17.1 Å². The highest BCUT2D eigenvalue weighted by atomic mass is 35.5. The van der Waals surface area contributed by atoms with Crippen molar-refractivity contribution in [2.75, 3.05) is 0 Å². The van der Waals surface area contributed by atoms with Gasteiger partial charge in [-0.05, 0) is 59.5 Å². The summed E-state index contributed by atoms with van der Waals surface area (Å²) in [7, 11) is 0. The maximum Gasteiger partial charge on any atom is 0.199 e. The van der Waals surface area contributed by atoms with Crippen LogP contribution in [0.15, 0.2) is 67.1 Å². The van der Waals surface area contributed by atoms with E-state index in [-0.39, 0.29) is 0 Å². The van der Waals surface area contributed by atoms with Gasteiger partial charge in [-0.3, -0.25) is 4.98 Å². The van der Waals surface area contributed by atoms with E-state index in [4.69, 9.17) is 11.6 Å². The molecule has 0 radical (unpaired) electrons. The minimum Gasteiger partial charge on any atom is -0.494 e. The predicted octanol–water partition coefficient (Wildman–Crippen LogP) is 5.42. The molecule has 0 aliphatic carbocycles. The van der Waals surface area contributed by atoms with Crippen molar-refractivity contribution in [1.82, 2.24) is 9.55 Å². The van der Waals surface area contributed by atoms with Gasteiger partial charge in [-0.1, -0.05) is 29.8 Å². The van der Waals surface area contributed by atoms with Gasteiger partial charge in [0.1, 0.15) is 0 Å². The number of hydrogen-bond donors (Lipinski definition) is 1. The molecule has 0 unspecified atom stereocenters. The summed E-state index contributed by atoms with van der Waals surface area (Å²) in [5.74, 6) is 0.295. The first kappa shape index (κ1) is 15.7. The Bertz CT molecular complexity index is 1040. The van der Waals surface area contributed by atoms with Crippen molar-refractivity contribution < 1.29 is 5.11 Å². The molecule has 0 saturated heterocycles. The molecule has 0 aliphatic rings. The third-order valence-electron chi connectivity index (χ3n) is 4.44. The van der Waals surface area contributed by atoms with Crippen LogP contribution in [0.1, 0.15) is 11.1 Å². The molecule has 1 N–H and O–H groups in total. The summed E-state index contributed by atoms with van der Waals surface area (Å²) in [6, 6.07) is 15.9. The molecule has 2 aromatic heterocycles. The molecule has 0 saturated carbocycles. The van der Waals surface area contributed by atoms with Crippen LogP contribution in [0.25, 0.3) is 21.9 Å². The summed E-state index contributed by atoms with van der Waals surface area (Å²) in [4.78, 5) is 4.07. The Kier molecular flexibility index (Phi) is 3.94. The molecule has 25 heavy (non-hydrogen) atoms. The molecule has 0 bridgehead atoms. The van der Waals surface area contributed by atoms with E-state index < -0.39 is 0 Å². The summed E-state index contributed by atoms with van der Waals surface area (Å²) >= 11 is 5.95. The van der Waals surface area contributed by atoms with Crippen LogP contribution in [-0.2, 0) is 6.54 Å². The molecule has 4 aromatic rings. The smallest absolute Gasteiger partial charge is 0.199 e. The highest BCUT2D eigenvalue weighted by molar-refractivity contribution is 6.30. The van der Waals surface area contributed by atoms with Gasteiger partial charge in [0.05, 0.1) is 6.54 Å². The summed E-state index contributed by atoms with van der Waals surface area (Å²) < 4.78 is 1.87. The highest BCUT2D eigenvalue weighted by Gasteiger charge is 2.13. The van der Waals surface area contributed by atoms with Crippen molar-refractivity contribution in [3.05, 3.63) is 83.3 Å². The van der Waals surface area contributed by atoms with Gasteiger partial charge in [-0.25, -0.2) is 0 Å². The molecule has 0 amide bonds. The van der Waals surface area contributed by atoms with E-state index in [9.17, 15) is 5.11 Å². The van der Waals surface area contributed by atoms with Crippen LogP contribution in [0.5, 0.6) is 5.88 Å². The lowest BCUT2D eigenvalue weighted by atomic mass is 10.0. The molecule has 2 heterocycles. The second-order valence-corrected chi connectivity index (χ2v) is 6.64. The number of nitrogens with zero attached hydrogens (tertiary/aromatic N) is 2. The minimum absolute atomic E-state index is 0.295. The number of aromatic hydroxyl groups is 1. The fraction of sp³-hybridized carbons (Fsp3) is 0.0952. The van der Waals surface area contributed by atoms with Gasteiger partial charge in [0.25, 0.3) is 0 Å². The first-order valence-electron chi connectivity index (χ1n) is 8.09. The number of fused-ring (bicyclic) bond motifs is 1. The van der Waals surface area contributed by atoms with Crippen molar-refractivity contribution in [1.29, 1.82) is 0 Å². The number of aryl methyl sites for hydroxylation is 1. The van der Waals surface area contributed by atoms with E-state index in [0.29, 0.717) is 17.4 Å². The first-order valence-corrected chi connectivity index (χ1v) is 8.47. The van der Waals surface area contributed by atoms with Crippen molar-refractivity contribution in [2.45, 2.75) is 13.5 Å². The molecule has 124 valence electrons. The number of hydrogen-bond acceptors (Lipinski definition) is 2. The van der Waals surface area contributed by atoms with Crippen molar-refractivity contribution in [3.8, 4) is 17.0 Å². The Morgan fingerprint density at radius 2 is 1.72 bits per heavy atom. The van der Waals surface area contributed by atoms with Crippen LogP contribution in [0.4, 0.5) is 0 Å². The molecule has 0 atom stereocenters. The maximum atomic E-state index is 10.7. The first-order chi connectivity index (χ1) is 12.1. The third-order valence-corrected chi connectivity index (χ3v) is 4.69. The molecule has 4 heteroatoms. The SMILES string of the molecule is Cc1cc(-c2ccncc2)cc2cn(Cc3ccc(Cl)cc3)c(O)c12. The Morgan fingerprint density at radius 3 is 2.44 bits per heavy atom. The van der Waals surface area contributed by atoms with Gasteiger partial charge in [0.15, 0.2) is 5.88 Å². The number of rotatable bonds is 3. The fourth-order valence-electron chi connectivity index (χ4n) is 3.21. The van der Waals surface area contributed by atoms with Gasteiger partial charge < -0.3 is 9.67 Å². The summed E-state index contributed by atoms with van der Waals surface area (Å²) in [5, 5.41) is 13.3. The van der Waals surface area contributed by atoms with Crippen LogP contribution < -0.4 is 0 Å². The molecule has 4 rings (SSSR count). The number of halogens is 1. The van der Waals surface area contributed by atoms with Crippen LogP contribution in [-0.4, -0.2) is 14.7 Å². The lowest BCUT2D eigenvalue weighted by molar-refractivity contribution is 0.430. The number of pyridine rings is 1. The van der Waals surface area contributed by atoms with Gasteiger partial charge in [0.2, 0.25) is 0 Å². The normalized spacial score (nSPS) is 11.1. The predicted molar refractivity (Wildman–Crippen MR) is 102 cm³/mol. The molecule has 3 nitrogen and oxygen atoms in total. The van der Waals surface area contributed by atoms with Gasteiger partial charge in [-0.2, -0.15) is 0 Å². The largest absolute Gasteiger partial charge is 0.494 e. The number of aromatic nitrogens is 2. The molecule has 0 aliphatic heterocycles. The van der Waals surface area contributed by atoms with Crippen LogP contribution in [0.3, 0.4) is 0 Å². The molecule has 2 aromatic carbocycles. The molecular weight excluding hydrogens is 332 g/mol. The number of benzene rings is 2. The zero-order chi connectivity index (χ0) is 17.4. The van der Waals surface area contributed by atoms with Gasteiger partial charge in [0, 0.05) is 34.4 Å². The Labute approximate surface area is 151 Å². The lowest BCUT2D eigenvalue weighted by Gasteiger charge is -2.06. The van der Waals surface area contributed by atoms with E-state index in [1.807, 2.05) is 54.1 Å². The summed E-state index contributed by atoms with van der Waals surface area (Å²) in [6.45, 7) is 2.63. The highest BCUT2D eigenvalue weighted by Crippen LogP contribution is 2.34. The lowest BCUT2D eigenvalue weighted by Crippen LogP contribution is -1.96. The average molecular weight is 349 g/mol. The van der Waals surface area contributed by atoms with Crippen LogP contribution >= 0.6 is 11.6 Å². The van der Waals surface area contributed by atoms with E-state index in [1.165, 1.54) is 0 Å². The van der Waals surface area contributed by atoms with Crippen LogP contribution in [0.2, 0.25) is 5.02 Å². The molecule has 0 spiro atoms. The fourth-order valence-corrected chi connectivity index (χ4v) is 3.34. The topological polar surface area (TPSA) is 38.0 Å². The van der Waals surface area contributed by atoms with Crippen LogP contribution in [0, 0.1) is 6.92 Å². The molecular formula is C21H17ClN2O. The average Bonchev–Trinajstić information content (AvgIpc) is 2.94. The van der Waals surface area contributed by atoms with Crippen molar-refractivity contribution >= 4 is 22.4 Å². The van der Waals surface area contributed by atoms with Gasteiger partial charge in [-0.15, -0.1) is 0 Å². The zero-order valence-corrected chi connectivity index (χ0v) is 14.5. The Hall–Kier alpha value is -2.78. The van der Waals surface area contributed by atoms with E-state index >= 15 is 0 Å². The second kappa shape index (κ2) is 6.26. The monoisotopic (exact) mass is 348 g/mol. The van der Waals surface area contributed by atoms with E-state index in [0.717, 1.165) is 33.0 Å². The quantitative estimate of drug-likeness (QED) is 0.537. The third kappa shape index (κ3) is 2.99. The standard InChI is InChI=1S/C21H17ClN2O/c1-14-10-17(16-6-8-23-9-7-16)11-18-13-24(21(25)20(14)18)12-15-2-4-19(22)5-3-15/h2-11,13,25H,12H2,1H3. The Morgan fingerprint density at radius 1 is 1.00 bits per heavy atom. The van der Waals surface area contributed by atoms with E-state index in [1.54, 1.807) is 12.4 Å². The minimum atomic E-state index is 0.295. The summed E-state index contributed by atoms with van der Waals surface area (Å²) in [6.07, 6.45) is 5.58. The zero-order valence-electron chi connectivity index (χ0n) is 13.8. The Balaban J connectivity index is 1.78.